The molecule has 0 saturated carbocycles. The third-order valence-corrected chi connectivity index (χ3v) is 5.03. The predicted molar refractivity (Wildman–Crippen MR) is 103 cm³/mol. The molecule has 0 aromatic heterocycles. The molecule has 1 fully saturated rings. The van der Waals surface area contributed by atoms with Gasteiger partial charge in [0.1, 0.15) is 17.9 Å². The largest absolute Gasteiger partial charge is 0.492 e. The van der Waals surface area contributed by atoms with E-state index in [2.05, 4.69) is 21.2 Å². The van der Waals surface area contributed by atoms with Gasteiger partial charge in [-0.2, -0.15) is 0 Å². The van der Waals surface area contributed by atoms with Crippen molar-refractivity contribution in [3.63, 3.8) is 0 Å². The summed E-state index contributed by atoms with van der Waals surface area (Å²) in [5.74, 6) is 0.505. The number of carbonyl (C=O) groups is 2. The number of hydrogen-bond acceptors (Lipinski definition) is 3. The van der Waals surface area contributed by atoms with Crippen LogP contribution in [-0.4, -0.2) is 35.5 Å². The lowest BCUT2D eigenvalue weighted by molar-refractivity contribution is -0.131. The Morgan fingerprint density at radius 3 is 2.46 bits per heavy atom. The standard InChI is InChI=1S/C20H21BrN2O3/c1-20(12-11-15-5-3-2-4-6-15)18(24)23(19(25)22-20)13-14-26-17-9-7-16(21)8-10-17/h2-10H,11-14H2,1H3,(H,22,25)/t20-/m1/s1. The van der Waals surface area contributed by atoms with Crippen LogP contribution in [-0.2, 0) is 11.2 Å². The summed E-state index contributed by atoms with van der Waals surface area (Å²) in [7, 11) is 0. The number of halogens is 1. The van der Waals surface area contributed by atoms with Gasteiger partial charge in [-0.25, -0.2) is 4.79 Å². The molecule has 1 aliphatic rings. The highest BCUT2D eigenvalue weighted by Gasteiger charge is 2.47. The molecule has 0 spiro atoms. The maximum absolute atomic E-state index is 12.7. The van der Waals surface area contributed by atoms with Crippen molar-refractivity contribution in [2.24, 2.45) is 0 Å². The SMILES string of the molecule is C[C@]1(CCc2ccccc2)NC(=O)N(CCOc2ccc(Br)cc2)C1=O. The van der Waals surface area contributed by atoms with Crippen molar-refractivity contribution >= 4 is 27.9 Å². The quantitative estimate of drug-likeness (QED) is 0.698. The van der Waals surface area contributed by atoms with Crippen molar-refractivity contribution in [2.45, 2.75) is 25.3 Å². The number of hydrogen-bond donors (Lipinski definition) is 1. The number of nitrogens with zero attached hydrogens (tertiary/aromatic N) is 1. The number of ether oxygens (including phenoxy) is 1. The lowest BCUT2D eigenvalue weighted by atomic mass is 9.93. The summed E-state index contributed by atoms with van der Waals surface area (Å²) in [5.41, 5.74) is 0.276. The van der Waals surface area contributed by atoms with E-state index < -0.39 is 5.54 Å². The molecule has 3 rings (SSSR count). The van der Waals surface area contributed by atoms with Crippen LogP contribution in [0.15, 0.2) is 59.1 Å². The smallest absolute Gasteiger partial charge is 0.325 e. The zero-order chi connectivity index (χ0) is 18.6. The normalized spacial score (nSPS) is 19.5. The first-order chi connectivity index (χ1) is 12.5. The number of aryl methyl sites for hydroxylation is 1. The maximum Gasteiger partial charge on any atom is 0.325 e. The molecule has 0 unspecified atom stereocenters. The molecule has 2 aromatic carbocycles. The second-order valence-electron chi connectivity index (χ2n) is 6.51. The summed E-state index contributed by atoms with van der Waals surface area (Å²) < 4.78 is 6.59. The van der Waals surface area contributed by atoms with Crippen LogP contribution < -0.4 is 10.1 Å². The van der Waals surface area contributed by atoms with Crippen LogP contribution in [0, 0.1) is 0 Å². The fraction of sp³-hybridized carbons (Fsp3) is 0.300. The molecule has 6 heteroatoms. The minimum absolute atomic E-state index is 0.196. The Hall–Kier alpha value is -2.34. The molecular formula is C20H21BrN2O3. The average molecular weight is 417 g/mol. The van der Waals surface area contributed by atoms with Crippen molar-refractivity contribution < 1.29 is 14.3 Å². The van der Waals surface area contributed by atoms with Gasteiger partial charge in [-0.3, -0.25) is 9.69 Å². The van der Waals surface area contributed by atoms with Crippen molar-refractivity contribution in [3.05, 3.63) is 64.6 Å². The molecule has 136 valence electrons. The van der Waals surface area contributed by atoms with Gasteiger partial charge >= 0.3 is 6.03 Å². The third-order valence-electron chi connectivity index (χ3n) is 4.50. The first kappa shape index (κ1) is 18.5. The second-order valence-corrected chi connectivity index (χ2v) is 7.42. The number of urea groups is 1. The Bertz CT molecular complexity index is 779. The summed E-state index contributed by atoms with van der Waals surface area (Å²) in [6.45, 7) is 2.27. The van der Waals surface area contributed by atoms with Gasteiger partial charge in [0.25, 0.3) is 5.91 Å². The van der Waals surface area contributed by atoms with Gasteiger partial charge in [-0.05, 0) is 49.6 Å². The molecule has 0 aliphatic carbocycles. The molecule has 0 radical (unpaired) electrons. The first-order valence-electron chi connectivity index (χ1n) is 8.54. The lowest BCUT2D eigenvalue weighted by Gasteiger charge is -2.21. The van der Waals surface area contributed by atoms with Gasteiger partial charge in [0.05, 0.1) is 6.54 Å². The van der Waals surface area contributed by atoms with Crippen LogP contribution in [0.2, 0.25) is 0 Å². The van der Waals surface area contributed by atoms with Gasteiger partial charge < -0.3 is 10.1 Å². The molecule has 1 atom stereocenters. The average Bonchev–Trinajstić information content (AvgIpc) is 2.86. The Labute approximate surface area is 161 Å². The van der Waals surface area contributed by atoms with Crippen molar-refractivity contribution in [2.75, 3.05) is 13.2 Å². The highest BCUT2D eigenvalue weighted by molar-refractivity contribution is 9.10. The van der Waals surface area contributed by atoms with Gasteiger partial charge in [0.15, 0.2) is 0 Å². The molecular weight excluding hydrogens is 396 g/mol. The molecule has 2 aromatic rings. The number of amides is 3. The third kappa shape index (κ3) is 4.25. The number of imide groups is 1. The van der Waals surface area contributed by atoms with Crippen LogP contribution in [0.25, 0.3) is 0 Å². The summed E-state index contributed by atoms with van der Waals surface area (Å²) in [6.07, 6.45) is 1.29. The van der Waals surface area contributed by atoms with E-state index in [9.17, 15) is 9.59 Å². The van der Waals surface area contributed by atoms with Crippen LogP contribution in [0.4, 0.5) is 4.79 Å². The van der Waals surface area contributed by atoms with Crippen LogP contribution in [0.5, 0.6) is 5.75 Å². The topological polar surface area (TPSA) is 58.6 Å². The highest BCUT2D eigenvalue weighted by atomic mass is 79.9. The fourth-order valence-electron chi connectivity index (χ4n) is 2.94. The van der Waals surface area contributed by atoms with Crippen LogP contribution >= 0.6 is 15.9 Å². The van der Waals surface area contributed by atoms with E-state index in [4.69, 9.17) is 4.74 Å². The minimum Gasteiger partial charge on any atom is -0.492 e. The van der Waals surface area contributed by atoms with E-state index >= 15 is 0 Å². The van der Waals surface area contributed by atoms with E-state index in [1.807, 2.05) is 54.6 Å². The van der Waals surface area contributed by atoms with Crippen molar-refractivity contribution in [1.82, 2.24) is 10.2 Å². The van der Waals surface area contributed by atoms with Gasteiger partial charge in [-0.1, -0.05) is 46.3 Å². The molecule has 0 bridgehead atoms. The van der Waals surface area contributed by atoms with Crippen molar-refractivity contribution in [1.29, 1.82) is 0 Å². The van der Waals surface area contributed by atoms with E-state index in [0.717, 1.165) is 16.5 Å². The summed E-state index contributed by atoms with van der Waals surface area (Å²) in [6, 6.07) is 17.0. The van der Waals surface area contributed by atoms with E-state index in [0.29, 0.717) is 12.2 Å². The Balaban J connectivity index is 1.54. The Morgan fingerprint density at radius 1 is 1.08 bits per heavy atom. The first-order valence-corrected chi connectivity index (χ1v) is 9.34. The number of benzene rings is 2. The molecule has 1 N–H and O–H groups in total. The predicted octanol–water partition coefficient (Wildman–Crippen LogP) is 3.77. The molecule has 1 saturated heterocycles. The Morgan fingerprint density at radius 2 is 1.77 bits per heavy atom. The maximum atomic E-state index is 12.7. The number of nitrogens with one attached hydrogen (secondary N) is 1. The summed E-state index contributed by atoms with van der Waals surface area (Å²) in [4.78, 5) is 26.2. The van der Waals surface area contributed by atoms with Gasteiger partial charge in [0.2, 0.25) is 0 Å². The molecule has 26 heavy (non-hydrogen) atoms. The lowest BCUT2D eigenvalue weighted by Crippen LogP contribution is -2.44. The zero-order valence-corrected chi connectivity index (χ0v) is 16.2. The van der Waals surface area contributed by atoms with Gasteiger partial charge in [0, 0.05) is 4.47 Å². The van der Waals surface area contributed by atoms with E-state index in [1.165, 1.54) is 4.90 Å². The Kier molecular flexibility index (Phi) is 5.61. The van der Waals surface area contributed by atoms with E-state index in [1.54, 1.807) is 6.92 Å². The van der Waals surface area contributed by atoms with Crippen LogP contribution in [0.1, 0.15) is 18.9 Å². The number of rotatable bonds is 7. The zero-order valence-electron chi connectivity index (χ0n) is 14.6. The monoisotopic (exact) mass is 416 g/mol. The van der Waals surface area contributed by atoms with Gasteiger partial charge in [-0.15, -0.1) is 0 Å². The minimum atomic E-state index is -0.871. The van der Waals surface area contributed by atoms with E-state index in [-0.39, 0.29) is 25.1 Å². The van der Waals surface area contributed by atoms with Crippen molar-refractivity contribution in [3.8, 4) is 5.75 Å². The molecule has 1 heterocycles. The highest BCUT2D eigenvalue weighted by Crippen LogP contribution is 2.23. The second kappa shape index (κ2) is 7.91. The fourth-order valence-corrected chi connectivity index (χ4v) is 3.21. The molecule has 5 nitrogen and oxygen atoms in total. The number of carbonyl (C=O) groups excluding carboxylic acids is 2. The van der Waals surface area contributed by atoms with Crippen LogP contribution in [0.3, 0.4) is 0 Å². The molecule has 1 aliphatic heterocycles. The summed E-state index contributed by atoms with van der Waals surface area (Å²) in [5, 5.41) is 2.83. The summed E-state index contributed by atoms with van der Waals surface area (Å²) >= 11 is 3.37. The molecule has 3 amide bonds.